The molecule has 5 nitrogen and oxygen atoms in total. The van der Waals surface area contributed by atoms with Crippen LogP contribution in [-0.4, -0.2) is 22.8 Å². The Hall–Kier alpha value is -2.21. The molecule has 0 saturated carbocycles. The molecule has 2 amide bonds. The number of hydrogen-bond acceptors (Lipinski definition) is 4. The molecule has 22 heavy (non-hydrogen) atoms. The highest BCUT2D eigenvalue weighted by atomic mass is 32.1. The highest BCUT2D eigenvalue weighted by Gasteiger charge is 2.25. The van der Waals surface area contributed by atoms with Gasteiger partial charge in [0, 0.05) is 17.1 Å². The second-order valence-corrected chi connectivity index (χ2v) is 6.23. The minimum Gasteiger partial charge on any atom is -0.340 e. The Morgan fingerprint density at radius 1 is 1.23 bits per heavy atom. The molecule has 0 spiro atoms. The third-order valence-corrected chi connectivity index (χ3v) is 3.98. The van der Waals surface area contributed by atoms with Gasteiger partial charge in [0.05, 0.1) is 0 Å². The van der Waals surface area contributed by atoms with Gasteiger partial charge in [0.2, 0.25) is 5.91 Å². The number of carbonyl (C=O) groups excluding carboxylic acids is 2. The van der Waals surface area contributed by atoms with E-state index < -0.39 is 6.04 Å². The van der Waals surface area contributed by atoms with E-state index in [1.807, 2.05) is 39.0 Å². The molecular weight excluding hydrogens is 298 g/mol. The number of nitrogens with one attached hydrogen (secondary N) is 2. The van der Waals surface area contributed by atoms with Crippen LogP contribution in [0.4, 0.5) is 5.13 Å². The van der Waals surface area contributed by atoms with Crippen LogP contribution in [-0.2, 0) is 4.79 Å². The van der Waals surface area contributed by atoms with Crippen LogP contribution in [0.15, 0.2) is 35.8 Å². The zero-order valence-corrected chi connectivity index (χ0v) is 13.6. The van der Waals surface area contributed by atoms with Crippen molar-refractivity contribution in [1.82, 2.24) is 10.3 Å². The molecular formula is C16H19N3O2S. The molecule has 2 rings (SSSR count). The second-order valence-electron chi connectivity index (χ2n) is 5.34. The predicted octanol–water partition coefficient (Wildman–Crippen LogP) is 2.84. The smallest absolute Gasteiger partial charge is 0.252 e. The fourth-order valence-corrected chi connectivity index (χ4v) is 2.58. The Labute approximate surface area is 133 Å². The van der Waals surface area contributed by atoms with E-state index in [0.29, 0.717) is 10.7 Å². The van der Waals surface area contributed by atoms with Gasteiger partial charge in [0.1, 0.15) is 6.04 Å². The van der Waals surface area contributed by atoms with Crippen LogP contribution in [0.5, 0.6) is 0 Å². The molecule has 6 heteroatoms. The van der Waals surface area contributed by atoms with Crippen molar-refractivity contribution in [2.75, 3.05) is 5.32 Å². The first-order valence-corrected chi connectivity index (χ1v) is 7.94. The Balaban J connectivity index is 2.10. The molecule has 2 aromatic rings. The standard InChI is InChI=1S/C16H19N3O2S/c1-10(2)13(15(21)19-16-17-8-9-22-16)18-14(20)12-7-5-4-6-11(12)3/h4-10,13H,1-3H3,(H,18,20)(H,17,19,21)/t13-/m0/s1. The molecule has 0 saturated heterocycles. The minimum atomic E-state index is -0.615. The van der Waals surface area contributed by atoms with Gasteiger partial charge >= 0.3 is 0 Å². The number of nitrogens with zero attached hydrogens (tertiary/aromatic N) is 1. The number of carbonyl (C=O) groups is 2. The average molecular weight is 317 g/mol. The summed E-state index contributed by atoms with van der Waals surface area (Å²) in [5.74, 6) is -0.536. The van der Waals surface area contributed by atoms with Crippen LogP contribution in [0, 0.1) is 12.8 Å². The molecule has 0 radical (unpaired) electrons. The number of thiazole rings is 1. The van der Waals surface area contributed by atoms with Gasteiger partial charge in [-0.2, -0.15) is 0 Å². The normalized spacial score (nSPS) is 12.0. The molecule has 116 valence electrons. The summed E-state index contributed by atoms with van der Waals surface area (Å²) in [6.45, 7) is 5.66. The number of anilines is 1. The molecule has 0 fully saturated rings. The van der Waals surface area contributed by atoms with Gasteiger partial charge in [-0.15, -0.1) is 11.3 Å². The number of benzene rings is 1. The predicted molar refractivity (Wildman–Crippen MR) is 88.0 cm³/mol. The fourth-order valence-electron chi connectivity index (χ4n) is 2.05. The lowest BCUT2D eigenvalue weighted by Gasteiger charge is -2.21. The highest BCUT2D eigenvalue weighted by molar-refractivity contribution is 7.13. The van der Waals surface area contributed by atoms with Gasteiger partial charge in [-0.3, -0.25) is 9.59 Å². The fraction of sp³-hybridized carbons (Fsp3) is 0.312. The molecule has 2 N–H and O–H groups in total. The summed E-state index contributed by atoms with van der Waals surface area (Å²) in [4.78, 5) is 28.8. The van der Waals surface area contributed by atoms with Crippen molar-refractivity contribution in [1.29, 1.82) is 0 Å². The lowest BCUT2D eigenvalue weighted by molar-refractivity contribution is -0.118. The van der Waals surface area contributed by atoms with E-state index in [4.69, 9.17) is 0 Å². The monoisotopic (exact) mass is 317 g/mol. The molecule has 0 aliphatic rings. The summed E-state index contributed by atoms with van der Waals surface area (Å²) in [5.41, 5.74) is 1.46. The summed E-state index contributed by atoms with van der Waals surface area (Å²) < 4.78 is 0. The topological polar surface area (TPSA) is 71.1 Å². The van der Waals surface area contributed by atoms with Gasteiger partial charge in [0.25, 0.3) is 5.91 Å². The van der Waals surface area contributed by atoms with Crippen molar-refractivity contribution in [2.45, 2.75) is 26.8 Å². The summed E-state index contributed by atoms with van der Waals surface area (Å²) in [6, 6.07) is 6.69. The van der Waals surface area contributed by atoms with Crippen LogP contribution < -0.4 is 10.6 Å². The van der Waals surface area contributed by atoms with Crippen molar-refractivity contribution < 1.29 is 9.59 Å². The number of amides is 2. The largest absolute Gasteiger partial charge is 0.340 e. The Kier molecular flexibility index (Phi) is 5.27. The lowest BCUT2D eigenvalue weighted by atomic mass is 10.0. The molecule has 0 aliphatic carbocycles. The number of hydrogen-bond donors (Lipinski definition) is 2. The average Bonchev–Trinajstić information content (AvgIpc) is 2.97. The van der Waals surface area contributed by atoms with Crippen LogP contribution in [0.3, 0.4) is 0 Å². The quantitative estimate of drug-likeness (QED) is 0.891. The number of rotatable bonds is 5. The summed E-state index contributed by atoms with van der Waals surface area (Å²) in [7, 11) is 0. The molecule has 0 unspecified atom stereocenters. The summed E-state index contributed by atoms with van der Waals surface area (Å²) >= 11 is 1.34. The summed E-state index contributed by atoms with van der Waals surface area (Å²) in [6.07, 6.45) is 1.62. The highest BCUT2D eigenvalue weighted by Crippen LogP contribution is 2.14. The Morgan fingerprint density at radius 3 is 2.55 bits per heavy atom. The van der Waals surface area contributed by atoms with E-state index in [-0.39, 0.29) is 17.7 Å². The molecule has 0 aliphatic heterocycles. The molecule has 1 heterocycles. The van der Waals surface area contributed by atoms with E-state index in [2.05, 4.69) is 15.6 Å². The first-order chi connectivity index (χ1) is 10.5. The van der Waals surface area contributed by atoms with Crippen molar-refractivity contribution in [3.8, 4) is 0 Å². The van der Waals surface area contributed by atoms with Gasteiger partial charge in [-0.05, 0) is 24.5 Å². The van der Waals surface area contributed by atoms with E-state index in [0.717, 1.165) is 5.56 Å². The van der Waals surface area contributed by atoms with Gasteiger partial charge in [0.15, 0.2) is 5.13 Å². The third kappa shape index (κ3) is 3.92. The van der Waals surface area contributed by atoms with E-state index in [9.17, 15) is 9.59 Å². The minimum absolute atomic E-state index is 0.0343. The van der Waals surface area contributed by atoms with Crippen molar-refractivity contribution in [3.63, 3.8) is 0 Å². The van der Waals surface area contributed by atoms with Crippen LogP contribution in [0.1, 0.15) is 29.8 Å². The number of aryl methyl sites for hydroxylation is 1. The zero-order valence-electron chi connectivity index (χ0n) is 12.8. The second kappa shape index (κ2) is 7.17. The third-order valence-electron chi connectivity index (χ3n) is 3.29. The Bertz CT molecular complexity index is 653. The van der Waals surface area contributed by atoms with Crippen LogP contribution >= 0.6 is 11.3 Å². The van der Waals surface area contributed by atoms with Gasteiger partial charge in [-0.1, -0.05) is 32.0 Å². The molecule has 1 aromatic carbocycles. The summed E-state index contributed by atoms with van der Waals surface area (Å²) in [5, 5.41) is 7.85. The number of aromatic nitrogens is 1. The zero-order chi connectivity index (χ0) is 16.1. The van der Waals surface area contributed by atoms with Gasteiger partial charge < -0.3 is 10.6 Å². The maximum absolute atomic E-state index is 12.4. The van der Waals surface area contributed by atoms with Crippen molar-refractivity contribution in [3.05, 3.63) is 47.0 Å². The van der Waals surface area contributed by atoms with E-state index in [1.165, 1.54) is 11.3 Å². The molecule has 0 bridgehead atoms. The van der Waals surface area contributed by atoms with Gasteiger partial charge in [-0.25, -0.2) is 4.98 Å². The SMILES string of the molecule is Cc1ccccc1C(=O)N[C@H](C(=O)Nc1nccs1)C(C)C. The maximum Gasteiger partial charge on any atom is 0.252 e. The molecule has 1 atom stereocenters. The van der Waals surface area contributed by atoms with Crippen molar-refractivity contribution >= 4 is 28.3 Å². The first-order valence-electron chi connectivity index (χ1n) is 7.06. The van der Waals surface area contributed by atoms with Crippen LogP contribution in [0.25, 0.3) is 0 Å². The Morgan fingerprint density at radius 2 is 1.95 bits per heavy atom. The first kappa shape index (κ1) is 16.2. The maximum atomic E-state index is 12.4. The van der Waals surface area contributed by atoms with E-state index in [1.54, 1.807) is 17.6 Å². The van der Waals surface area contributed by atoms with Crippen molar-refractivity contribution in [2.24, 2.45) is 5.92 Å². The van der Waals surface area contributed by atoms with E-state index >= 15 is 0 Å². The molecule has 1 aromatic heterocycles. The lowest BCUT2D eigenvalue weighted by Crippen LogP contribution is -2.47. The van der Waals surface area contributed by atoms with Crippen LogP contribution in [0.2, 0.25) is 0 Å².